The van der Waals surface area contributed by atoms with Crippen molar-refractivity contribution < 1.29 is 9.80 Å². The maximum absolute atomic E-state index is 12.3. The van der Waals surface area contributed by atoms with E-state index in [4.69, 9.17) is 4.98 Å². The van der Waals surface area contributed by atoms with E-state index in [0.717, 1.165) is 61.4 Å². The van der Waals surface area contributed by atoms with Crippen LogP contribution in [-0.4, -0.2) is 40.8 Å². The summed E-state index contributed by atoms with van der Waals surface area (Å²) in [5.41, 5.74) is 3.66. The Labute approximate surface area is 175 Å². The summed E-state index contributed by atoms with van der Waals surface area (Å²) in [5.74, 6) is 0.586. The van der Waals surface area contributed by atoms with Gasteiger partial charge in [0, 0.05) is 11.6 Å². The van der Waals surface area contributed by atoms with Crippen LogP contribution in [0.4, 0.5) is 0 Å². The van der Waals surface area contributed by atoms with E-state index in [0.29, 0.717) is 5.92 Å². The first-order valence-corrected chi connectivity index (χ1v) is 11.5. The Balaban J connectivity index is 1.34. The minimum atomic E-state index is -0.0607. The molecule has 1 aromatic carbocycles. The highest BCUT2D eigenvalue weighted by atomic mass is 32.1. The normalized spacial score (nSPS) is 19.9. The van der Waals surface area contributed by atoms with Crippen molar-refractivity contribution >= 4 is 16.3 Å². The van der Waals surface area contributed by atoms with Gasteiger partial charge in [-0.25, -0.2) is 4.98 Å². The van der Waals surface area contributed by atoms with E-state index in [-0.39, 0.29) is 5.56 Å². The number of rotatable bonds is 6. The highest BCUT2D eigenvalue weighted by Crippen LogP contribution is 2.14. The number of nitrogens with one attached hydrogen (secondary N) is 2. The fourth-order valence-corrected chi connectivity index (χ4v) is 4.86. The largest absolute Gasteiger partial charge is 0.322 e. The van der Waals surface area contributed by atoms with Gasteiger partial charge in [-0.05, 0) is 17.9 Å². The predicted octanol–water partition coefficient (Wildman–Crippen LogP) is 0.320. The second kappa shape index (κ2) is 8.73. The van der Waals surface area contributed by atoms with E-state index in [1.807, 2.05) is 6.92 Å². The molecule has 0 spiro atoms. The lowest BCUT2D eigenvalue weighted by Gasteiger charge is -2.29. The number of quaternary nitrogens is 2. The summed E-state index contributed by atoms with van der Waals surface area (Å²) in [5, 5.41) is 5.29. The van der Waals surface area contributed by atoms with Crippen molar-refractivity contribution in [3.63, 3.8) is 0 Å². The second-order valence-electron chi connectivity index (χ2n) is 8.38. The smallest absolute Gasteiger partial charge is 0.275 e. The summed E-state index contributed by atoms with van der Waals surface area (Å²) in [6.45, 7) is 13.0. The minimum absolute atomic E-state index is 0.0607. The fraction of sp³-hybridized carbons (Fsp3) is 0.500. The number of hydrogen-bond donors (Lipinski definition) is 2. The highest BCUT2D eigenvalue weighted by molar-refractivity contribution is 7.16. The Bertz CT molecular complexity index is 1020. The lowest BCUT2D eigenvalue weighted by molar-refractivity contribution is -1.02. The first-order valence-electron chi connectivity index (χ1n) is 10.7. The molecule has 0 saturated carbocycles. The van der Waals surface area contributed by atoms with Crippen LogP contribution in [-0.2, 0) is 19.5 Å². The van der Waals surface area contributed by atoms with Gasteiger partial charge in [0.1, 0.15) is 50.0 Å². The molecule has 7 heteroatoms. The van der Waals surface area contributed by atoms with Crippen molar-refractivity contribution in [2.24, 2.45) is 0 Å². The van der Waals surface area contributed by atoms with Crippen LogP contribution >= 0.6 is 11.3 Å². The molecule has 1 aliphatic rings. The average Bonchev–Trinajstić information content (AvgIpc) is 3.14. The monoisotopic (exact) mass is 413 g/mol. The van der Waals surface area contributed by atoms with E-state index in [2.05, 4.69) is 43.2 Å². The Hall–Kier alpha value is -2.09. The fourth-order valence-electron chi connectivity index (χ4n) is 4.01. The molecule has 0 aliphatic carbocycles. The predicted molar refractivity (Wildman–Crippen MR) is 116 cm³/mol. The lowest BCUT2D eigenvalue weighted by atomic mass is 10.0. The third-order valence-electron chi connectivity index (χ3n) is 5.84. The molecule has 6 nitrogen and oxygen atoms in total. The zero-order valence-corrected chi connectivity index (χ0v) is 18.4. The Morgan fingerprint density at radius 3 is 2.34 bits per heavy atom. The Morgan fingerprint density at radius 1 is 1.07 bits per heavy atom. The SMILES string of the molecule is CCc1nn2c(=O)cc(C[NH+]3CC[NH+](Cc4ccc(C(C)C)cc4)CC3)nc2s1. The van der Waals surface area contributed by atoms with Crippen molar-refractivity contribution in [2.45, 2.75) is 46.2 Å². The van der Waals surface area contributed by atoms with Crippen LogP contribution in [0, 0.1) is 0 Å². The van der Waals surface area contributed by atoms with E-state index >= 15 is 0 Å². The zero-order chi connectivity index (χ0) is 20.4. The molecule has 0 amide bonds. The number of piperazine rings is 1. The quantitative estimate of drug-likeness (QED) is 0.612. The molecule has 4 rings (SSSR count). The van der Waals surface area contributed by atoms with E-state index < -0.39 is 0 Å². The molecule has 1 fully saturated rings. The van der Waals surface area contributed by atoms with Crippen molar-refractivity contribution in [3.8, 4) is 0 Å². The summed E-state index contributed by atoms with van der Waals surface area (Å²) in [7, 11) is 0. The second-order valence-corrected chi connectivity index (χ2v) is 9.42. The van der Waals surface area contributed by atoms with Gasteiger partial charge >= 0.3 is 0 Å². The first-order chi connectivity index (χ1) is 14.0. The number of aryl methyl sites for hydroxylation is 1. The van der Waals surface area contributed by atoms with Gasteiger partial charge in [-0.15, -0.1) is 0 Å². The van der Waals surface area contributed by atoms with Crippen molar-refractivity contribution in [1.82, 2.24) is 14.6 Å². The van der Waals surface area contributed by atoms with Gasteiger partial charge in [0.25, 0.3) is 5.56 Å². The van der Waals surface area contributed by atoms with Crippen LogP contribution in [0.2, 0.25) is 0 Å². The molecule has 2 aromatic heterocycles. The first kappa shape index (κ1) is 20.2. The molecule has 1 aliphatic heterocycles. The van der Waals surface area contributed by atoms with Crippen LogP contribution in [0.5, 0.6) is 0 Å². The standard InChI is InChI=1S/C22H29N5OS/c1-4-20-24-27-21(28)13-19(23-22(27)29-20)15-26-11-9-25(10-12-26)14-17-5-7-18(8-6-17)16(2)3/h5-8,13,16H,4,9-12,14-15H2,1-3H3/p+2. The molecule has 154 valence electrons. The van der Waals surface area contributed by atoms with Crippen LogP contribution in [0.1, 0.15) is 48.5 Å². The van der Waals surface area contributed by atoms with Crippen LogP contribution in [0.15, 0.2) is 35.1 Å². The van der Waals surface area contributed by atoms with E-state index in [1.54, 1.807) is 11.0 Å². The van der Waals surface area contributed by atoms with Gasteiger partial charge < -0.3 is 9.80 Å². The molecule has 3 heterocycles. The summed E-state index contributed by atoms with van der Waals surface area (Å²) in [6, 6.07) is 10.8. The van der Waals surface area contributed by atoms with Crippen molar-refractivity contribution in [2.75, 3.05) is 26.2 Å². The molecular weight excluding hydrogens is 382 g/mol. The van der Waals surface area contributed by atoms with E-state index in [1.165, 1.54) is 31.9 Å². The van der Waals surface area contributed by atoms with E-state index in [9.17, 15) is 4.79 Å². The molecule has 0 unspecified atom stereocenters. The maximum atomic E-state index is 12.3. The molecule has 0 bridgehead atoms. The number of benzene rings is 1. The van der Waals surface area contributed by atoms with Gasteiger partial charge in [0.15, 0.2) is 0 Å². The number of aromatic nitrogens is 3. The molecule has 0 atom stereocenters. The molecule has 1 saturated heterocycles. The van der Waals surface area contributed by atoms with Gasteiger partial charge in [0.2, 0.25) is 4.96 Å². The Morgan fingerprint density at radius 2 is 1.72 bits per heavy atom. The van der Waals surface area contributed by atoms with Crippen LogP contribution in [0.25, 0.3) is 4.96 Å². The molecule has 3 aromatic rings. The number of hydrogen-bond acceptors (Lipinski definition) is 4. The summed E-state index contributed by atoms with van der Waals surface area (Å²) < 4.78 is 1.44. The van der Waals surface area contributed by atoms with Gasteiger partial charge in [-0.2, -0.15) is 9.61 Å². The molecular formula is C22H31N5OS+2. The summed E-state index contributed by atoms with van der Waals surface area (Å²) >= 11 is 1.52. The maximum Gasteiger partial charge on any atom is 0.275 e. The summed E-state index contributed by atoms with van der Waals surface area (Å²) in [6.07, 6.45) is 0.832. The van der Waals surface area contributed by atoms with Gasteiger partial charge in [-0.1, -0.05) is 56.4 Å². The Kier molecular flexibility index (Phi) is 6.08. The molecule has 29 heavy (non-hydrogen) atoms. The number of fused-ring (bicyclic) bond motifs is 1. The number of nitrogens with zero attached hydrogens (tertiary/aromatic N) is 3. The zero-order valence-electron chi connectivity index (χ0n) is 17.6. The third kappa shape index (κ3) is 4.74. The van der Waals surface area contributed by atoms with Gasteiger partial charge in [-0.3, -0.25) is 4.79 Å². The molecule has 0 radical (unpaired) electrons. The van der Waals surface area contributed by atoms with Crippen LogP contribution in [0.3, 0.4) is 0 Å². The van der Waals surface area contributed by atoms with Crippen LogP contribution < -0.4 is 15.4 Å². The minimum Gasteiger partial charge on any atom is -0.322 e. The average molecular weight is 414 g/mol. The summed E-state index contributed by atoms with van der Waals surface area (Å²) in [4.78, 5) is 20.9. The van der Waals surface area contributed by atoms with Crippen molar-refractivity contribution in [1.29, 1.82) is 0 Å². The van der Waals surface area contributed by atoms with Gasteiger partial charge in [0.05, 0.1) is 0 Å². The molecule has 2 N–H and O–H groups in total. The lowest BCUT2D eigenvalue weighted by Crippen LogP contribution is -3.27. The van der Waals surface area contributed by atoms with Crippen molar-refractivity contribution in [3.05, 3.63) is 62.5 Å². The topological polar surface area (TPSA) is 56.1 Å². The highest BCUT2D eigenvalue weighted by Gasteiger charge is 2.24. The third-order valence-corrected chi connectivity index (χ3v) is 6.89.